The fraction of sp³-hybridized carbons (Fsp3) is 0.476. The Balaban J connectivity index is 2.27. The van der Waals surface area contributed by atoms with Crippen LogP contribution in [0.3, 0.4) is 0 Å². The normalized spacial score (nSPS) is 17.5. The number of nitrogens with zero attached hydrogens (tertiary/aromatic N) is 1. The van der Waals surface area contributed by atoms with E-state index < -0.39 is 12.0 Å². The molecule has 1 aromatic rings. The van der Waals surface area contributed by atoms with E-state index in [1.807, 2.05) is 19.9 Å². The number of unbranched alkanes of at least 4 members (excludes halogenated alkanes) is 1. The van der Waals surface area contributed by atoms with E-state index in [4.69, 9.17) is 21.7 Å². The van der Waals surface area contributed by atoms with Crippen molar-refractivity contribution in [3.05, 3.63) is 28.7 Å². The van der Waals surface area contributed by atoms with E-state index in [1.165, 1.54) is 4.90 Å². The molecule has 1 amide bonds. The van der Waals surface area contributed by atoms with Gasteiger partial charge >= 0.3 is 5.97 Å². The molecule has 0 aromatic heterocycles. The Bertz CT molecular complexity index is 808. The van der Waals surface area contributed by atoms with Crippen molar-refractivity contribution >= 4 is 46.3 Å². The largest absolute Gasteiger partial charge is 0.493 e. The van der Waals surface area contributed by atoms with Gasteiger partial charge in [-0.25, -0.2) is 4.79 Å². The van der Waals surface area contributed by atoms with E-state index in [0.717, 1.165) is 30.2 Å². The maximum absolute atomic E-state index is 12.9. The first-order chi connectivity index (χ1) is 13.8. The lowest BCUT2D eigenvalue weighted by Crippen LogP contribution is -2.47. The van der Waals surface area contributed by atoms with Crippen LogP contribution in [0.1, 0.15) is 45.6 Å². The molecule has 0 saturated carbocycles. The van der Waals surface area contributed by atoms with Crippen LogP contribution >= 0.6 is 24.0 Å². The molecule has 158 valence electrons. The number of thioether (sulfide) groups is 1. The summed E-state index contributed by atoms with van der Waals surface area (Å²) >= 11 is 6.44. The van der Waals surface area contributed by atoms with Gasteiger partial charge in [-0.1, -0.05) is 63.7 Å². The minimum Gasteiger partial charge on any atom is -0.493 e. The topological polar surface area (TPSA) is 76.1 Å². The van der Waals surface area contributed by atoms with Crippen LogP contribution < -0.4 is 9.47 Å². The third-order valence-electron chi connectivity index (χ3n) is 4.78. The molecule has 8 heteroatoms. The number of aliphatic carboxylic acids is 1. The van der Waals surface area contributed by atoms with Gasteiger partial charge < -0.3 is 14.6 Å². The van der Waals surface area contributed by atoms with Gasteiger partial charge in [0.05, 0.1) is 18.6 Å². The van der Waals surface area contributed by atoms with Crippen molar-refractivity contribution in [3.8, 4) is 11.5 Å². The highest BCUT2D eigenvalue weighted by Crippen LogP contribution is 2.37. The summed E-state index contributed by atoms with van der Waals surface area (Å²) in [5.41, 5.74) is 0.751. The van der Waals surface area contributed by atoms with Gasteiger partial charge in [0.15, 0.2) is 11.5 Å². The molecule has 1 fully saturated rings. The first-order valence-electron chi connectivity index (χ1n) is 9.64. The van der Waals surface area contributed by atoms with E-state index in [1.54, 1.807) is 25.3 Å². The molecule has 0 radical (unpaired) electrons. The van der Waals surface area contributed by atoms with E-state index >= 15 is 0 Å². The maximum atomic E-state index is 12.9. The van der Waals surface area contributed by atoms with Gasteiger partial charge in [0.25, 0.3) is 5.91 Å². The number of carbonyl (C=O) groups is 2. The van der Waals surface area contributed by atoms with Gasteiger partial charge in [-0.15, -0.1) is 0 Å². The lowest BCUT2D eigenvalue weighted by molar-refractivity contribution is -0.147. The van der Waals surface area contributed by atoms with Crippen molar-refractivity contribution in [2.75, 3.05) is 13.7 Å². The van der Waals surface area contributed by atoms with Gasteiger partial charge in [0.1, 0.15) is 10.4 Å². The maximum Gasteiger partial charge on any atom is 0.327 e. The summed E-state index contributed by atoms with van der Waals surface area (Å²) < 4.78 is 11.4. The minimum absolute atomic E-state index is 0.214. The fourth-order valence-corrected chi connectivity index (χ4v) is 4.25. The summed E-state index contributed by atoms with van der Waals surface area (Å²) in [6.07, 6.45) is 4.32. The standard InChI is InChI=1S/C21H27NO5S2/c1-5-7-10-27-15-9-8-14(11-16(15)26-4)12-17-19(23)22(21(28)29-17)18(20(24)25)13(3)6-2/h8-9,11-13,18H,5-7,10H2,1-4H3,(H,24,25). The molecule has 0 bridgehead atoms. The summed E-state index contributed by atoms with van der Waals surface area (Å²) in [5, 5.41) is 9.62. The second-order valence-corrected chi connectivity index (χ2v) is 8.51. The number of hydrogen-bond donors (Lipinski definition) is 1. The number of amides is 1. The summed E-state index contributed by atoms with van der Waals surface area (Å²) in [5.74, 6) is -0.419. The number of rotatable bonds is 10. The third kappa shape index (κ3) is 5.51. The highest BCUT2D eigenvalue weighted by molar-refractivity contribution is 8.26. The van der Waals surface area contributed by atoms with Crippen LogP contribution in [-0.2, 0) is 9.59 Å². The molecule has 1 heterocycles. The number of methoxy groups -OCH3 is 1. The number of thiocarbonyl (C=S) groups is 1. The Morgan fingerprint density at radius 1 is 1.34 bits per heavy atom. The third-order valence-corrected chi connectivity index (χ3v) is 6.11. The molecular formula is C21H27NO5S2. The molecule has 6 nitrogen and oxygen atoms in total. The highest BCUT2D eigenvalue weighted by Gasteiger charge is 2.42. The molecule has 1 aliphatic rings. The summed E-state index contributed by atoms with van der Waals surface area (Å²) in [4.78, 5) is 26.3. The molecule has 2 rings (SSSR count). The van der Waals surface area contributed by atoms with Gasteiger partial charge in [-0.2, -0.15) is 0 Å². The van der Waals surface area contributed by atoms with E-state index in [-0.39, 0.29) is 16.1 Å². The van der Waals surface area contributed by atoms with Gasteiger partial charge in [0, 0.05) is 0 Å². The average molecular weight is 438 g/mol. The second-order valence-electron chi connectivity index (χ2n) is 6.83. The Hall–Kier alpha value is -2.06. The fourth-order valence-electron chi connectivity index (χ4n) is 2.92. The zero-order valence-corrected chi connectivity index (χ0v) is 18.8. The summed E-state index contributed by atoms with van der Waals surface area (Å²) in [7, 11) is 1.56. The number of hydrogen-bond acceptors (Lipinski definition) is 6. The number of carboxylic acids is 1. The van der Waals surface area contributed by atoms with Crippen molar-refractivity contribution < 1.29 is 24.2 Å². The smallest absolute Gasteiger partial charge is 0.327 e. The van der Waals surface area contributed by atoms with E-state index in [0.29, 0.717) is 29.4 Å². The van der Waals surface area contributed by atoms with E-state index in [9.17, 15) is 14.7 Å². The van der Waals surface area contributed by atoms with Crippen LogP contribution in [0, 0.1) is 5.92 Å². The molecular weight excluding hydrogens is 410 g/mol. The van der Waals surface area contributed by atoms with Crippen molar-refractivity contribution in [2.24, 2.45) is 5.92 Å². The number of carbonyl (C=O) groups excluding carboxylic acids is 1. The first kappa shape index (κ1) is 23.2. The lowest BCUT2D eigenvalue weighted by Gasteiger charge is -2.27. The Kier molecular flexibility index (Phi) is 8.52. The highest BCUT2D eigenvalue weighted by atomic mass is 32.2. The quantitative estimate of drug-likeness (QED) is 0.326. The zero-order chi connectivity index (χ0) is 21.6. The molecule has 1 saturated heterocycles. The number of benzene rings is 1. The molecule has 1 N–H and O–H groups in total. The van der Waals surface area contributed by atoms with Crippen molar-refractivity contribution in [1.82, 2.24) is 4.90 Å². The first-order valence-corrected chi connectivity index (χ1v) is 10.9. The van der Waals surface area contributed by atoms with Crippen LogP contribution in [0.5, 0.6) is 11.5 Å². The van der Waals surface area contributed by atoms with Crippen molar-refractivity contribution in [1.29, 1.82) is 0 Å². The zero-order valence-electron chi connectivity index (χ0n) is 17.1. The van der Waals surface area contributed by atoms with E-state index in [2.05, 4.69) is 6.92 Å². The molecule has 1 aliphatic heterocycles. The molecule has 29 heavy (non-hydrogen) atoms. The average Bonchev–Trinajstić information content (AvgIpc) is 2.96. The van der Waals surface area contributed by atoms with Crippen LogP contribution in [0.15, 0.2) is 23.1 Å². The number of ether oxygens (including phenoxy) is 2. The van der Waals surface area contributed by atoms with Crippen LogP contribution in [-0.4, -0.2) is 46.0 Å². The minimum atomic E-state index is -1.05. The SMILES string of the molecule is CCCCOc1ccc(C=C2SC(=S)N(C(C(=O)O)C(C)CC)C2=O)cc1OC. The lowest BCUT2D eigenvalue weighted by atomic mass is 9.98. The Morgan fingerprint density at radius 2 is 2.07 bits per heavy atom. The summed E-state index contributed by atoms with van der Waals surface area (Å²) in [6, 6.07) is 4.46. The second kappa shape index (κ2) is 10.6. The molecule has 0 aliphatic carbocycles. The van der Waals surface area contributed by atoms with Gasteiger partial charge in [0.2, 0.25) is 0 Å². The monoisotopic (exact) mass is 437 g/mol. The predicted octanol–water partition coefficient (Wildman–Crippen LogP) is 4.57. The van der Waals surface area contributed by atoms with Crippen molar-refractivity contribution in [3.63, 3.8) is 0 Å². The van der Waals surface area contributed by atoms with Gasteiger partial charge in [-0.3, -0.25) is 9.69 Å². The van der Waals surface area contributed by atoms with Crippen LogP contribution in [0.25, 0.3) is 6.08 Å². The van der Waals surface area contributed by atoms with Crippen LogP contribution in [0.2, 0.25) is 0 Å². The molecule has 0 spiro atoms. The van der Waals surface area contributed by atoms with Gasteiger partial charge in [-0.05, 0) is 36.1 Å². The molecule has 1 aromatic carbocycles. The Labute approximate surface area is 181 Å². The molecule has 2 atom stereocenters. The predicted molar refractivity (Wildman–Crippen MR) is 119 cm³/mol. The van der Waals surface area contributed by atoms with Crippen LogP contribution in [0.4, 0.5) is 0 Å². The summed E-state index contributed by atoms with van der Waals surface area (Å²) in [6.45, 7) is 6.40. The molecule has 2 unspecified atom stereocenters. The number of carboxylic acid groups (broad SMARTS) is 1. The van der Waals surface area contributed by atoms with Crippen molar-refractivity contribution in [2.45, 2.75) is 46.1 Å². The Morgan fingerprint density at radius 3 is 2.66 bits per heavy atom.